The molecule has 34 heavy (non-hydrogen) atoms. The molecular weight excluding hydrogens is 539 g/mol. The average molecular weight is 570 g/mol. The van der Waals surface area contributed by atoms with Crippen molar-refractivity contribution in [3.8, 4) is 0 Å². The molecule has 3 aromatic carbocycles. The van der Waals surface area contributed by atoms with Gasteiger partial charge in [0.05, 0.1) is 32.5 Å². The minimum Gasteiger partial charge on any atom is -0.373 e. The fourth-order valence-electron chi connectivity index (χ4n) is 4.21. The van der Waals surface area contributed by atoms with E-state index in [1.54, 1.807) is 0 Å². The van der Waals surface area contributed by atoms with Crippen LogP contribution in [0.15, 0.2) is 104 Å². The van der Waals surface area contributed by atoms with Crippen LogP contribution in [0.5, 0.6) is 0 Å². The number of benzene rings is 3. The second-order valence-electron chi connectivity index (χ2n) is 8.43. The van der Waals surface area contributed by atoms with Gasteiger partial charge in [0.1, 0.15) is 17.8 Å². The fourth-order valence-corrected chi connectivity index (χ4v) is 4.89. The first-order valence-corrected chi connectivity index (χ1v) is 13.1. The van der Waals surface area contributed by atoms with Crippen LogP contribution in [0.3, 0.4) is 0 Å². The van der Waals surface area contributed by atoms with E-state index < -0.39 is 5.60 Å². The fraction of sp³-hybridized carbons (Fsp3) is 0.310. The maximum absolute atomic E-state index is 6.59. The van der Waals surface area contributed by atoms with Crippen molar-refractivity contribution in [2.24, 2.45) is 0 Å². The van der Waals surface area contributed by atoms with Gasteiger partial charge in [-0.2, -0.15) is 0 Å². The van der Waals surface area contributed by atoms with Gasteiger partial charge in [0.25, 0.3) is 0 Å². The SMILES string of the molecule is C=C[C@@]1(COCc2ccccc2)O[C@@H](CI)[C@@H](OCc2ccccc2)[C@@H]1OCc1ccccc1. The number of hydrogen-bond acceptors (Lipinski definition) is 4. The smallest absolute Gasteiger partial charge is 0.138 e. The Labute approximate surface area is 216 Å². The van der Waals surface area contributed by atoms with Crippen LogP contribution in [0, 0.1) is 0 Å². The number of rotatable bonds is 12. The van der Waals surface area contributed by atoms with Gasteiger partial charge in [-0.15, -0.1) is 6.58 Å². The molecule has 1 aliphatic heterocycles. The van der Waals surface area contributed by atoms with Gasteiger partial charge < -0.3 is 18.9 Å². The molecule has 1 aliphatic rings. The monoisotopic (exact) mass is 570 g/mol. The van der Waals surface area contributed by atoms with Gasteiger partial charge in [0.15, 0.2) is 0 Å². The van der Waals surface area contributed by atoms with E-state index >= 15 is 0 Å². The first-order valence-electron chi connectivity index (χ1n) is 11.5. The topological polar surface area (TPSA) is 36.9 Å². The molecule has 4 atom stereocenters. The van der Waals surface area contributed by atoms with Crippen LogP contribution in [0.1, 0.15) is 16.7 Å². The van der Waals surface area contributed by atoms with E-state index in [-0.39, 0.29) is 18.3 Å². The molecule has 0 aromatic heterocycles. The van der Waals surface area contributed by atoms with E-state index in [0.717, 1.165) is 21.1 Å². The Morgan fingerprint density at radius 2 is 1.26 bits per heavy atom. The molecular formula is C29H31IO4. The molecule has 5 heteroatoms. The molecule has 1 saturated heterocycles. The summed E-state index contributed by atoms with van der Waals surface area (Å²) in [7, 11) is 0. The summed E-state index contributed by atoms with van der Waals surface area (Å²) in [6.07, 6.45) is 1.09. The molecule has 0 spiro atoms. The summed E-state index contributed by atoms with van der Waals surface area (Å²) in [6.45, 7) is 5.91. The van der Waals surface area contributed by atoms with Crippen LogP contribution in [0.2, 0.25) is 0 Å². The van der Waals surface area contributed by atoms with Crippen LogP contribution in [-0.2, 0) is 38.8 Å². The summed E-state index contributed by atoms with van der Waals surface area (Å²) in [5.41, 5.74) is 2.53. The first-order chi connectivity index (χ1) is 16.7. The van der Waals surface area contributed by atoms with Crippen molar-refractivity contribution in [3.05, 3.63) is 120 Å². The second-order valence-corrected chi connectivity index (χ2v) is 9.31. The van der Waals surface area contributed by atoms with Crippen molar-refractivity contribution in [3.63, 3.8) is 0 Å². The lowest BCUT2D eigenvalue weighted by atomic mass is 9.94. The Balaban J connectivity index is 1.52. The molecule has 3 aromatic rings. The molecule has 0 aliphatic carbocycles. The van der Waals surface area contributed by atoms with Crippen molar-refractivity contribution < 1.29 is 18.9 Å². The summed E-state index contributed by atoms with van der Waals surface area (Å²) >= 11 is 2.35. The zero-order valence-electron chi connectivity index (χ0n) is 19.2. The lowest BCUT2D eigenvalue weighted by Gasteiger charge is -2.32. The first kappa shape index (κ1) is 25.1. The highest BCUT2D eigenvalue weighted by molar-refractivity contribution is 14.1. The zero-order chi connectivity index (χ0) is 23.6. The number of halogens is 1. The molecule has 0 bridgehead atoms. The van der Waals surface area contributed by atoms with Crippen molar-refractivity contribution >= 4 is 22.6 Å². The van der Waals surface area contributed by atoms with E-state index in [1.165, 1.54) is 0 Å². The third kappa shape index (κ3) is 6.34. The summed E-state index contributed by atoms with van der Waals surface area (Å²) in [4.78, 5) is 0. The van der Waals surface area contributed by atoms with E-state index in [1.807, 2.05) is 60.7 Å². The lowest BCUT2D eigenvalue weighted by Crippen LogP contribution is -2.47. The lowest BCUT2D eigenvalue weighted by molar-refractivity contribution is -0.123. The van der Waals surface area contributed by atoms with Crippen molar-refractivity contribution in [1.29, 1.82) is 0 Å². The maximum Gasteiger partial charge on any atom is 0.138 e. The van der Waals surface area contributed by atoms with Gasteiger partial charge in [-0.05, 0) is 16.7 Å². The van der Waals surface area contributed by atoms with Gasteiger partial charge in [0.2, 0.25) is 0 Å². The molecule has 0 radical (unpaired) electrons. The molecule has 4 nitrogen and oxygen atoms in total. The Bertz CT molecular complexity index is 998. The second kappa shape index (κ2) is 12.6. The van der Waals surface area contributed by atoms with Gasteiger partial charge >= 0.3 is 0 Å². The van der Waals surface area contributed by atoms with Gasteiger partial charge in [-0.3, -0.25) is 0 Å². The van der Waals surface area contributed by atoms with Gasteiger partial charge in [-0.25, -0.2) is 0 Å². The molecule has 0 amide bonds. The highest BCUT2D eigenvalue weighted by atomic mass is 127. The normalized spacial score (nSPS) is 24.2. The zero-order valence-corrected chi connectivity index (χ0v) is 21.4. The van der Waals surface area contributed by atoms with Crippen LogP contribution in [0.4, 0.5) is 0 Å². The average Bonchev–Trinajstić information content (AvgIpc) is 3.20. The summed E-state index contributed by atoms with van der Waals surface area (Å²) in [6, 6.07) is 30.5. The van der Waals surface area contributed by atoms with E-state index in [0.29, 0.717) is 26.4 Å². The van der Waals surface area contributed by atoms with Gasteiger partial charge in [-0.1, -0.05) is 120 Å². The molecule has 0 N–H and O–H groups in total. The predicted octanol–water partition coefficient (Wildman–Crippen LogP) is 6.13. The predicted molar refractivity (Wildman–Crippen MR) is 143 cm³/mol. The molecule has 0 saturated carbocycles. The number of hydrogen-bond donors (Lipinski definition) is 0. The number of ether oxygens (including phenoxy) is 4. The molecule has 0 unspecified atom stereocenters. The Morgan fingerprint density at radius 1 is 0.765 bits per heavy atom. The Kier molecular flexibility index (Phi) is 9.30. The third-order valence-corrected chi connectivity index (χ3v) is 6.88. The largest absolute Gasteiger partial charge is 0.373 e. The van der Waals surface area contributed by atoms with Crippen LogP contribution >= 0.6 is 22.6 Å². The van der Waals surface area contributed by atoms with Crippen molar-refractivity contribution in [2.75, 3.05) is 11.0 Å². The van der Waals surface area contributed by atoms with E-state index in [2.05, 4.69) is 65.6 Å². The van der Waals surface area contributed by atoms with Gasteiger partial charge in [0, 0.05) is 4.43 Å². The minimum atomic E-state index is -0.805. The molecule has 178 valence electrons. The van der Waals surface area contributed by atoms with Crippen LogP contribution in [-0.4, -0.2) is 34.9 Å². The van der Waals surface area contributed by atoms with Crippen molar-refractivity contribution in [1.82, 2.24) is 0 Å². The highest BCUT2D eigenvalue weighted by Gasteiger charge is 2.55. The van der Waals surface area contributed by atoms with Crippen molar-refractivity contribution in [2.45, 2.75) is 43.7 Å². The Morgan fingerprint density at radius 3 is 1.76 bits per heavy atom. The standard InChI is InChI=1S/C29H31IO4/c1-2-29(22-31-19-23-12-6-3-7-13-23)28(33-21-25-16-10-5-11-17-25)27(26(18-30)34-29)32-20-24-14-8-4-9-15-24/h2-17,26-28H,1,18-22H2/t26-,27+,28-,29-/m0/s1. The summed E-state index contributed by atoms with van der Waals surface area (Å²) < 4.78 is 26.5. The molecule has 4 rings (SSSR count). The molecule has 1 fully saturated rings. The number of alkyl halides is 1. The maximum atomic E-state index is 6.59. The summed E-state index contributed by atoms with van der Waals surface area (Å²) in [5.74, 6) is 0. The molecule has 1 heterocycles. The van der Waals surface area contributed by atoms with Crippen LogP contribution in [0.25, 0.3) is 0 Å². The van der Waals surface area contributed by atoms with E-state index in [9.17, 15) is 0 Å². The quantitative estimate of drug-likeness (QED) is 0.149. The minimum absolute atomic E-state index is 0.136. The highest BCUT2D eigenvalue weighted by Crippen LogP contribution is 2.38. The third-order valence-electron chi connectivity index (χ3n) is 6.01. The van der Waals surface area contributed by atoms with E-state index in [4.69, 9.17) is 18.9 Å². The summed E-state index contributed by atoms with van der Waals surface area (Å²) in [5, 5.41) is 0. The van der Waals surface area contributed by atoms with Crippen LogP contribution < -0.4 is 0 Å². The Hall–Kier alpha value is -2.03.